The Bertz CT molecular complexity index is 2430. The first kappa shape index (κ1) is 21.4. The molecule has 5 aromatic carbocycles. The number of hydrogen-bond donors (Lipinski definition) is 0. The van der Waals surface area contributed by atoms with Crippen molar-refractivity contribution in [3.63, 3.8) is 0 Å². The molecule has 0 saturated heterocycles. The lowest BCUT2D eigenvalue weighted by Gasteiger charge is -2.14. The lowest BCUT2D eigenvalue weighted by atomic mass is 10.0. The standard InChI is InChI=1S/C35H21N5/c1-2-11-23(12-3-1)39-27-16-6-5-14-25(27)31-33-26(15-9-19-37-33)30-24-13-4-7-17-28(24)40(34(30)35(31)39)29-18-8-10-22-20-36-21-38-32(22)29/h1-21H. The fraction of sp³-hybridized carbons (Fsp3) is 0. The van der Waals surface area contributed by atoms with Crippen molar-refractivity contribution in [1.29, 1.82) is 0 Å². The Labute approximate surface area is 228 Å². The third kappa shape index (κ3) is 2.73. The van der Waals surface area contributed by atoms with E-state index in [2.05, 4.69) is 117 Å². The van der Waals surface area contributed by atoms with Crippen LogP contribution in [0.4, 0.5) is 0 Å². The molecule has 0 spiro atoms. The molecule has 0 N–H and O–H groups in total. The Hall–Kier alpha value is -5.55. The van der Waals surface area contributed by atoms with Crippen molar-refractivity contribution in [2.24, 2.45) is 0 Å². The van der Waals surface area contributed by atoms with E-state index in [1.165, 1.54) is 16.2 Å². The second kappa shape index (κ2) is 7.98. The van der Waals surface area contributed by atoms with Crippen LogP contribution < -0.4 is 0 Å². The van der Waals surface area contributed by atoms with E-state index in [1.54, 1.807) is 6.33 Å². The van der Waals surface area contributed by atoms with Gasteiger partial charge >= 0.3 is 0 Å². The van der Waals surface area contributed by atoms with Crippen molar-refractivity contribution in [2.75, 3.05) is 0 Å². The highest BCUT2D eigenvalue weighted by Gasteiger charge is 2.25. The number of rotatable bonds is 2. The van der Waals surface area contributed by atoms with E-state index < -0.39 is 0 Å². The summed E-state index contributed by atoms with van der Waals surface area (Å²) in [5.74, 6) is 0. The van der Waals surface area contributed by atoms with Gasteiger partial charge in [0.2, 0.25) is 0 Å². The number of aromatic nitrogens is 5. The highest BCUT2D eigenvalue weighted by atomic mass is 15.1. The molecule has 0 fully saturated rings. The highest BCUT2D eigenvalue weighted by molar-refractivity contribution is 6.35. The SMILES string of the molecule is c1ccc(-n2c3ccccc3c3c4ncccc4c4c5ccccc5n(-c5cccc6cncnc56)c4c32)cc1. The normalized spacial score (nSPS) is 12.0. The number of benzene rings is 5. The largest absolute Gasteiger partial charge is 0.307 e. The predicted molar refractivity (Wildman–Crippen MR) is 164 cm³/mol. The van der Waals surface area contributed by atoms with Crippen molar-refractivity contribution in [3.05, 3.63) is 128 Å². The van der Waals surface area contributed by atoms with Gasteiger partial charge in [0, 0.05) is 50.4 Å². The van der Waals surface area contributed by atoms with Gasteiger partial charge in [0.15, 0.2) is 0 Å². The van der Waals surface area contributed by atoms with Gasteiger partial charge in [-0.3, -0.25) is 4.98 Å². The summed E-state index contributed by atoms with van der Waals surface area (Å²) in [7, 11) is 0. The van der Waals surface area contributed by atoms with Crippen LogP contribution in [0.15, 0.2) is 128 Å². The zero-order valence-electron chi connectivity index (χ0n) is 21.4. The molecule has 186 valence electrons. The molecule has 40 heavy (non-hydrogen) atoms. The van der Waals surface area contributed by atoms with Crippen LogP contribution in [0, 0.1) is 0 Å². The van der Waals surface area contributed by atoms with E-state index in [1.807, 2.05) is 18.5 Å². The smallest absolute Gasteiger partial charge is 0.116 e. The van der Waals surface area contributed by atoms with E-state index in [0.717, 1.165) is 60.6 Å². The van der Waals surface area contributed by atoms with Crippen LogP contribution in [0.3, 0.4) is 0 Å². The molecule has 4 aromatic heterocycles. The zero-order chi connectivity index (χ0) is 26.2. The predicted octanol–water partition coefficient (Wildman–Crippen LogP) is 8.37. The van der Waals surface area contributed by atoms with Crippen LogP contribution in [-0.2, 0) is 0 Å². The molecule has 9 aromatic rings. The van der Waals surface area contributed by atoms with E-state index in [-0.39, 0.29) is 0 Å². The van der Waals surface area contributed by atoms with Gasteiger partial charge in [-0.05, 0) is 36.4 Å². The number of para-hydroxylation sites is 4. The summed E-state index contributed by atoms with van der Waals surface area (Å²) in [5, 5.41) is 6.87. The average Bonchev–Trinajstić information content (AvgIpc) is 3.55. The van der Waals surface area contributed by atoms with Gasteiger partial charge in [0.25, 0.3) is 0 Å². The maximum absolute atomic E-state index is 5.01. The van der Waals surface area contributed by atoms with E-state index in [9.17, 15) is 0 Å². The van der Waals surface area contributed by atoms with E-state index >= 15 is 0 Å². The van der Waals surface area contributed by atoms with Crippen LogP contribution in [0.1, 0.15) is 0 Å². The molecule has 0 amide bonds. The summed E-state index contributed by atoms with van der Waals surface area (Å²) >= 11 is 0. The summed E-state index contributed by atoms with van der Waals surface area (Å²) in [6.07, 6.45) is 5.42. The fourth-order valence-corrected chi connectivity index (χ4v) is 6.52. The molecule has 4 heterocycles. The lowest BCUT2D eigenvalue weighted by Crippen LogP contribution is -2.00. The lowest BCUT2D eigenvalue weighted by molar-refractivity contribution is 1.14. The second-order valence-electron chi connectivity index (χ2n) is 10.1. The topological polar surface area (TPSA) is 48.5 Å². The van der Waals surface area contributed by atoms with Crippen LogP contribution in [0.2, 0.25) is 0 Å². The van der Waals surface area contributed by atoms with Crippen molar-refractivity contribution in [2.45, 2.75) is 0 Å². The number of fused-ring (bicyclic) bond motifs is 11. The molecule has 0 aliphatic rings. The molecule has 5 heteroatoms. The van der Waals surface area contributed by atoms with E-state index in [4.69, 9.17) is 9.97 Å². The average molecular weight is 512 g/mol. The van der Waals surface area contributed by atoms with E-state index in [0.29, 0.717) is 0 Å². The van der Waals surface area contributed by atoms with Gasteiger partial charge in [-0.15, -0.1) is 0 Å². The summed E-state index contributed by atoms with van der Waals surface area (Å²) in [5.41, 5.74) is 8.63. The van der Waals surface area contributed by atoms with Gasteiger partial charge < -0.3 is 9.13 Å². The van der Waals surface area contributed by atoms with Crippen LogP contribution in [-0.4, -0.2) is 24.1 Å². The van der Waals surface area contributed by atoms with Gasteiger partial charge in [-0.2, -0.15) is 0 Å². The molecule has 0 aliphatic heterocycles. The zero-order valence-corrected chi connectivity index (χ0v) is 21.4. The molecular formula is C35H21N5. The molecule has 0 atom stereocenters. The van der Waals surface area contributed by atoms with Crippen LogP contribution >= 0.6 is 0 Å². The molecule has 0 aliphatic carbocycles. The second-order valence-corrected chi connectivity index (χ2v) is 10.1. The van der Waals surface area contributed by atoms with Gasteiger partial charge in [0.1, 0.15) is 6.33 Å². The van der Waals surface area contributed by atoms with Crippen molar-refractivity contribution < 1.29 is 0 Å². The quantitative estimate of drug-likeness (QED) is 0.234. The maximum atomic E-state index is 5.01. The minimum absolute atomic E-state index is 0.918. The van der Waals surface area contributed by atoms with Crippen molar-refractivity contribution in [1.82, 2.24) is 24.1 Å². The third-order valence-corrected chi connectivity index (χ3v) is 8.06. The number of pyridine rings is 1. The minimum atomic E-state index is 0.918. The Morgan fingerprint density at radius 2 is 1.20 bits per heavy atom. The first-order valence-electron chi connectivity index (χ1n) is 13.4. The van der Waals surface area contributed by atoms with Crippen LogP contribution in [0.25, 0.3) is 76.8 Å². The summed E-state index contributed by atoms with van der Waals surface area (Å²) in [6, 6.07) is 38.5. The summed E-state index contributed by atoms with van der Waals surface area (Å²) in [6.45, 7) is 0. The molecular weight excluding hydrogens is 490 g/mol. The summed E-state index contributed by atoms with van der Waals surface area (Å²) in [4.78, 5) is 14.1. The first-order valence-corrected chi connectivity index (χ1v) is 13.4. The Balaban J connectivity index is 1.67. The first-order chi connectivity index (χ1) is 19.9. The van der Waals surface area contributed by atoms with Gasteiger partial charge in [-0.25, -0.2) is 9.97 Å². The number of nitrogens with zero attached hydrogens (tertiary/aromatic N) is 5. The van der Waals surface area contributed by atoms with Gasteiger partial charge in [-0.1, -0.05) is 72.8 Å². The summed E-state index contributed by atoms with van der Waals surface area (Å²) < 4.78 is 4.80. The van der Waals surface area contributed by atoms with Crippen molar-refractivity contribution >= 4 is 65.4 Å². The highest BCUT2D eigenvalue weighted by Crippen LogP contribution is 2.46. The molecule has 0 bridgehead atoms. The fourth-order valence-electron chi connectivity index (χ4n) is 6.52. The molecule has 0 radical (unpaired) electrons. The number of hydrogen-bond acceptors (Lipinski definition) is 3. The minimum Gasteiger partial charge on any atom is -0.307 e. The third-order valence-electron chi connectivity index (χ3n) is 8.06. The van der Waals surface area contributed by atoms with Gasteiger partial charge in [0.05, 0.1) is 38.8 Å². The molecule has 5 nitrogen and oxygen atoms in total. The Kier molecular flexibility index (Phi) is 4.27. The molecule has 9 rings (SSSR count). The monoisotopic (exact) mass is 511 g/mol. The molecule has 0 unspecified atom stereocenters. The maximum Gasteiger partial charge on any atom is 0.116 e. The Morgan fingerprint density at radius 1 is 0.500 bits per heavy atom. The molecule has 0 saturated carbocycles. The van der Waals surface area contributed by atoms with Crippen molar-refractivity contribution in [3.8, 4) is 11.4 Å². The van der Waals surface area contributed by atoms with Crippen LogP contribution in [0.5, 0.6) is 0 Å². The Morgan fingerprint density at radius 3 is 2.05 bits per heavy atom.